The number of carbonyl (C=O) groups is 2. The van der Waals surface area contributed by atoms with Gasteiger partial charge in [-0.1, -0.05) is 0 Å². The maximum absolute atomic E-state index is 12.7. The summed E-state index contributed by atoms with van der Waals surface area (Å²) in [6.07, 6.45) is -0.587. The Morgan fingerprint density at radius 1 is 1.13 bits per heavy atom. The first kappa shape index (κ1) is 21.4. The van der Waals surface area contributed by atoms with E-state index in [0.717, 1.165) is 6.54 Å². The molecule has 0 aromatic heterocycles. The summed E-state index contributed by atoms with van der Waals surface area (Å²) in [4.78, 5) is 29.0. The van der Waals surface area contributed by atoms with E-state index in [-0.39, 0.29) is 11.8 Å². The second kappa shape index (κ2) is 9.04. The molecule has 8 heteroatoms. The summed E-state index contributed by atoms with van der Waals surface area (Å²) >= 11 is 0. The zero-order valence-electron chi connectivity index (χ0n) is 17.9. The third-order valence-electron chi connectivity index (χ3n) is 4.84. The lowest BCUT2D eigenvalue weighted by Crippen LogP contribution is -2.46. The van der Waals surface area contributed by atoms with E-state index < -0.39 is 6.10 Å². The number of amides is 2. The maximum Gasteiger partial charge on any atom is 0.267 e. The van der Waals surface area contributed by atoms with Crippen molar-refractivity contribution in [1.82, 2.24) is 4.90 Å². The van der Waals surface area contributed by atoms with E-state index >= 15 is 0 Å². The van der Waals surface area contributed by atoms with Crippen LogP contribution in [0.4, 0.5) is 11.4 Å². The summed E-state index contributed by atoms with van der Waals surface area (Å²) in [5.41, 5.74) is 1.70. The lowest BCUT2D eigenvalue weighted by Gasteiger charge is -2.34. The van der Waals surface area contributed by atoms with Crippen LogP contribution >= 0.6 is 0 Å². The number of ether oxygens (including phenoxy) is 3. The number of nitrogens with zero attached hydrogens (tertiary/aromatic N) is 2. The van der Waals surface area contributed by atoms with Crippen LogP contribution in [-0.4, -0.2) is 64.2 Å². The van der Waals surface area contributed by atoms with Gasteiger partial charge in [0.05, 0.1) is 19.9 Å². The topological polar surface area (TPSA) is 80.3 Å². The highest BCUT2D eigenvalue weighted by Crippen LogP contribution is 2.36. The van der Waals surface area contributed by atoms with Crippen molar-refractivity contribution in [2.45, 2.75) is 13.0 Å². The minimum atomic E-state index is -0.587. The molecule has 1 heterocycles. The number of nitrogens with one attached hydrogen (secondary N) is 1. The van der Waals surface area contributed by atoms with Gasteiger partial charge in [0.25, 0.3) is 11.8 Å². The first-order chi connectivity index (χ1) is 14.3. The third kappa shape index (κ3) is 4.49. The molecule has 0 spiro atoms. The number of benzene rings is 2. The van der Waals surface area contributed by atoms with E-state index in [2.05, 4.69) is 5.32 Å². The molecule has 30 heavy (non-hydrogen) atoms. The van der Waals surface area contributed by atoms with Crippen LogP contribution in [-0.2, 0) is 4.79 Å². The Hall–Kier alpha value is -3.26. The fraction of sp³-hybridized carbons (Fsp3) is 0.364. The molecular weight excluding hydrogens is 386 g/mol. The predicted molar refractivity (Wildman–Crippen MR) is 115 cm³/mol. The predicted octanol–water partition coefficient (Wildman–Crippen LogP) is 2.63. The molecule has 2 aromatic rings. The number of anilines is 2. The quantitative estimate of drug-likeness (QED) is 0.752. The number of methoxy groups -OCH3 is 2. The zero-order valence-corrected chi connectivity index (χ0v) is 17.9. The second-order valence-corrected chi connectivity index (χ2v) is 7.26. The number of fused-ring (bicyclic) bond motifs is 1. The van der Waals surface area contributed by atoms with Crippen molar-refractivity contribution >= 4 is 23.2 Å². The van der Waals surface area contributed by atoms with Crippen molar-refractivity contribution in [3.63, 3.8) is 0 Å². The molecule has 0 bridgehead atoms. The minimum Gasteiger partial charge on any atom is -0.493 e. The lowest BCUT2D eigenvalue weighted by atomic mass is 10.1. The third-order valence-corrected chi connectivity index (χ3v) is 4.84. The van der Waals surface area contributed by atoms with Gasteiger partial charge in [-0.05, 0) is 51.4 Å². The van der Waals surface area contributed by atoms with Crippen LogP contribution < -0.4 is 24.4 Å². The van der Waals surface area contributed by atoms with Crippen LogP contribution in [0.1, 0.15) is 17.3 Å². The van der Waals surface area contributed by atoms with Crippen molar-refractivity contribution in [2.75, 3.05) is 51.6 Å². The average molecular weight is 413 g/mol. The van der Waals surface area contributed by atoms with Crippen molar-refractivity contribution < 1.29 is 23.8 Å². The first-order valence-electron chi connectivity index (χ1n) is 9.64. The monoisotopic (exact) mass is 413 g/mol. The molecule has 160 valence electrons. The molecule has 0 saturated heterocycles. The Bertz CT molecular complexity index is 944. The number of carbonyl (C=O) groups excluding carboxylic acids is 2. The van der Waals surface area contributed by atoms with Crippen molar-refractivity contribution in [3.05, 3.63) is 42.0 Å². The Morgan fingerprint density at radius 2 is 1.87 bits per heavy atom. The molecule has 0 fully saturated rings. The van der Waals surface area contributed by atoms with Crippen LogP contribution in [0.2, 0.25) is 0 Å². The number of hydrogen-bond donors (Lipinski definition) is 1. The fourth-order valence-electron chi connectivity index (χ4n) is 3.20. The first-order valence-corrected chi connectivity index (χ1v) is 9.64. The van der Waals surface area contributed by atoms with Gasteiger partial charge in [-0.25, -0.2) is 0 Å². The van der Waals surface area contributed by atoms with Crippen LogP contribution in [0.25, 0.3) is 0 Å². The maximum atomic E-state index is 12.7. The summed E-state index contributed by atoms with van der Waals surface area (Å²) in [5.74, 6) is 1.22. The normalized spacial score (nSPS) is 15.5. The molecule has 1 unspecified atom stereocenters. The van der Waals surface area contributed by atoms with E-state index in [4.69, 9.17) is 14.2 Å². The van der Waals surface area contributed by atoms with Gasteiger partial charge in [0.15, 0.2) is 17.6 Å². The summed E-state index contributed by atoms with van der Waals surface area (Å²) < 4.78 is 16.2. The molecule has 0 saturated carbocycles. The highest BCUT2D eigenvalue weighted by molar-refractivity contribution is 6.05. The Labute approximate surface area is 176 Å². The fourth-order valence-corrected chi connectivity index (χ4v) is 3.20. The van der Waals surface area contributed by atoms with Crippen LogP contribution in [0.3, 0.4) is 0 Å². The van der Waals surface area contributed by atoms with Crippen LogP contribution in [0, 0.1) is 0 Å². The Morgan fingerprint density at radius 3 is 2.53 bits per heavy atom. The van der Waals surface area contributed by atoms with Crippen molar-refractivity contribution in [3.8, 4) is 17.2 Å². The molecule has 1 aliphatic heterocycles. The molecule has 1 atom stereocenters. The van der Waals surface area contributed by atoms with Gasteiger partial charge in [-0.15, -0.1) is 0 Å². The van der Waals surface area contributed by atoms with Crippen molar-refractivity contribution in [1.29, 1.82) is 0 Å². The van der Waals surface area contributed by atoms with Gasteiger partial charge in [0.2, 0.25) is 0 Å². The molecule has 0 aliphatic carbocycles. The standard InChI is InChI=1S/C22H27N3O5/c1-14-22(27)25(11-10-24(2)3)17-8-7-16(13-19(17)30-14)23-21(26)15-6-9-18(28-4)20(12-15)29-5/h6-9,12-14H,10-11H2,1-5H3,(H,23,26). The molecular formula is C22H27N3O5. The van der Waals surface area contributed by atoms with E-state index in [1.807, 2.05) is 19.0 Å². The molecule has 3 rings (SSSR count). The van der Waals surface area contributed by atoms with E-state index in [0.29, 0.717) is 40.7 Å². The Balaban J connectivity index is 1.81. The molecule has 0 radical (unpaired) electrons. The van der Waals surface area contributed by atoms with E-state index in [1.54, 1.807) is 48.2 Å². The highest BCUT2D eigenvalue weighted by Gasteiger charge is 2.31. The summed E-state index contributed by atoms with van der Waals surface area (Å²) in [6.45, 7) is 3.02. The second-order valence-electron chi connectivity index (χ2n) is 7.26. The molecule has 2 aromatic carbocycles. The highest BCUT2D eigenvalue weighted by atomic mass is 16.5. The summed E-state index contributed by atoms with van der Waals surface area (Å²) in [5, 5.41) is 2.86. The number of rotatable bonds is 7. The van der Waals surface area contributed by atoms with Gasteiger partial charge in [-0.2, -0.15) is 0 Å². The van der Waals surface area contributed by atoms with Gasteiger partial charge in [-0.3, -0.25) is 9.59 Å². The zero-order chi connectivity index (χ0) is 21.8. The van der Waals surface area contributed by atoms with Gasteiger partial charge < -0.3 is 29.3 Å². The smallest absolute Gasteiger partial charge is 0.267 e. The van der Waals surface area contributed by atoms with E-state index in [1.165, 1.54) is 14.2 Å². The summed E-state index contributed by atoms with van der Waals surface area (Å²) in [7, 11) is 6.98. The molecule has 2 amide bonds. The van der Waals surface area contributed by atoms with Gasteiger partial charge in [0, 0.05) is 30.4 Å². The average Bonchev–Trinajstić information content (AvgIpc) is 2.73. The largest absolute Gasteiger partial charge is 0.493 e. The number of hydrogen-bond acceptors (Lipinski definition) is 6. The SMILES string of the molecule is COc1ccc(C(=O)Nc2ccc3c(c2)OC(C)C(=O)N3CCN(C)C)cc1OC. The summed E-state index contributed by atoms with van der Waals surface area (Å²) in [6, 6.07) is 10.2. The van der Waals surface area contributed by atoms with Gasteiger partial charge >= 0.3 is 0 Å². The van der Waals surface area contributed by atoms with Gasteiger partial charge in [0.1, 0.15) is 5.75 Å². The molecule has 8 nitrogen and oxygen atoms in total. The Kier molecular flexibility index (Phi) is 6.47. The van der Waals surface area contributed by atoms with Crippen LogP contribution in [0.5, 0.6) is 17.2 Å². The van der Waals surface area contributed by atoms with Crippen LogP contribution in [0.15, 0.2) is 36.4 Å². The molecule has 1 N–H and O–H groups in total. The lowest BCUT2D eigenvalue weighted by molar-refractivity contribution is -0.125. The number of likely N-dealkylation sites (N-methyl/N-ethyl adjacent to an activating group) is 1. The van der Waals surface area contributed by atoms with E-state index in [9.17, 15) is 9.59 Å². The van der Waals surface area contributed by atoms with Crippen molar-refractivity contribution in [2.24, 2.45) is 0 Å². The minimum absolute atomic E-state index is 0.0773. The molecule has 1 aliphatic rings.